The third-order valence-corrected chi connectivity index (χ3v) is 13.5. The number of nitrogens with one attached hydrogen (secondary N) is 1. The SMILES string of the molecule is C#CCOCCC(=O)CCC(=O)Nc1cc(COC(=O)N(CCS(C)(=O)=O)COc2ccc3nc4c(c(CC)c3c2)Cn2c-4cc3c(c2=O)COC(=O)[C@]3(O)CC)ccc1O[C@@H]1O[C@H](C(=O)O)[C@@H](O)[C@H](O)[C@H]1O. The molecule has 3 aliphatic rings. The van der Waals surface area contributed by atoms with Crippen molar-refractivity contribution in [2.45, 2.75) is 102 Å². The smallest absolute Gasteiger partial charge is 0.412 e. The topological polar surface area (TPSA) is 326 Å². The van der Waals surface area contributed by atoms with Crippen molar-refractivity contribution < 1.29 is 86.3 Å². The van der Waals surface area contributed by atoms with Gasteiger partial charge in [0.15, 0.2) is 18.4 Å². The quantitative estimate of drug-likeness (QED) is 0.0261. The van der Waals surface area contributed by atoms with Gasteiger partial charge in [0.05, 0.1) is 47.1 Å². The molecule has 7 rings (SSSR count). The summed E-state index contributed by atoms with van der Waals surface area (Å²) in [5.74, 6) is -1.65. The fourth-order valence-corrected chi connectivity index (χ4v) is 9.11. The molecule has 6 N–H and O–H groups in total. The lowest BCUT2D eigenvalue weighted by molar-refractivity contribution is -0.271. The van der Waals surface area contributed by atoms with Crippen LogP contribution in [-0.4, -0.2) is 147 Å². The van der Waals surface area contributed by atoms with Crippen LogP contribution in [0.1, 0.15) is 67.3 Å². The monoisotopic (exact) mass is 1030 g/mol. The number of sulfone groups is 1. The van der Waals surface area contributed by atoms with E-state index in [1.165, 1.54) is 22.8 Å². The number of Topliss-reactive ketones (excluding diaryl/α,β-unsaturated/α-hetero) is 1. The van der Waals surface area contributed by atoms with Gasteiger partial charge < -0.3 is 63.8 Å². The van der Waals surface area contributed by atoms with Gasteiger partial charge >= 0.3 is 18.0 Å². The first-order valence-corrected chi connectivity index (χ1v) is 25.1. The molecule has 5 heterocycles. The number of cyclic esters (lactones) is 1. The second kappa shape index (κ2) is 22.4. The molecule has 2 amide bonds. The predicted octanol–water partition coefficient (Wildman–Crippen LogP) is 1.26. The fraction of sp³-hybridized carbons (Fsp3) is 0.449. The maximum atomic E-state index is 13.8. The number of anilines is 1. The number of aryl methyl sites for hydroxylation is 1. The Kier molecular flexibility index (Phi) is 16.5. The van der Waals surface area contributed by atoms with Crippen molar-refractivity contribution >= 4 is 56.1 Å². The molecule has 0 saturated carbocycles. The predicted molar refractivity (Wildman–Crippen MR) is 255 cm³/mol. The van der Waals surface area contributed by atoms with E-state index in [9.17, 15) is 62.7 Å². The number of aliphatic carboxylic acids is 1. The minimum atomic E-state index is -3.61. The van der Waals surface area contributed by atoms with Crippen molar-refractivity contribution in [3.05, 3.63) is 80.6 Å². The van der Waals surface area contributed by atoms with E-state index < -0.39 is 94.7 Å². The van der Waals surface area contributed by atoms with E-state index in [1.807, 2.05) is 6.92 Å². The van der Waals surface area contributed by atoms with E-state index in [-0.39, 0.29) is 98.3 Å². The molecule has 24 heteroatoms. The van der Waals surface area contributed by atoms with E-state index in [4.69, 9.17) is 39.8 Å². The highest BCUT2D eigenvalue weighted by Crippen LogP contribution is 2.41. The molecule has 390 valence electrons. The zero-order valence-electron chi connectivity index (χ0n) is 39.9. The molecule has 2 aromatic heterocycles. The summed E-state index contributed by atoms with van der Waals surface area (Å²) in [5, 5.41) is 55.2. The Morgan fingerprint density at radius 1 is 1.01 bits per heavy atom. The van der Waals surface area contributed by atoms with Gasteiger partial charge in [-0.25, -0.2) is 27.8 Å². The molecule has 1 saturated heterocycles. The van der Waals surface area contributed by atoms with Crippen molar-refractivity contribution in [2.75, 3.05) is 43.8 Å². The number of aliphatic hydroxyl groups excluding tert-OH is 3. The number of carboxylic acid groups (broad SMARTS) is 1. The van der Waals surface area contributed by atoms with E-state index in [0.29, 0.717) is 28.7 Å². The van der Waals surface area contributed by atoms with Crippen LogP contribution in [0.5, 0.6) is 11.5 Å². The third-order valence-electron chi connectivity index (χ3n) is 12.6. The van der Waals surface area contributed by atoms with Gasteiger partial charge in [0.2, 0.25) is 12.2 Å². The minimum Gasteiger partial charge on any atom is -0.479 e. The number of pyridine rings is 2. The first-order valence-electron chi connectivity index (χ1n) is 23.1. The summed E-state index contributed by atoms with van der Waals surface area (Å²) in [5.41, 5.74) is 1.13. The number of fused-ring (bicyclic) bond motifs is 5. The molecule has 0 unspecified atom stereocenters. The van der Waals surface area contributed by atoms with Crippen LogP contribution in [-0.2, 0) is 79.7 Å². The highest BCUT2D eigenvalue weighted by Gasteiger charge is 2.49. The highest BCUT2D eigenvalue weighted by molar-refractivity contribution is 7.90. The molecule has 3 aliphatic heterocycles. The van der Waals surface area contributed by atoms with Gasteiger partial charge in [0, 0.05) is 48.6 Å². The standard InChI is InChI=1S/C49H54N4O19S/c1-5-16-67-17-14-27(54)9-13-38(55)50-35-19-26(8-12-37(35)71-46-42(58)40(56)41(57)43(72-46)45(60)61)23-69-48(63)52(15-18-73(4,65)66)25-70-28-10-11-34-30(20-28)29(6-2)31-22-53-36(39(31)51-34)21-33-32(44(53)59)24-68-47(62)49(33,64)7-3/h1,8,10-12,19-21,40-43,46,56-58,64H,6-7,9,13-18,22-25H2,2-4H3,(H,50,55)(H,60,61)/t40-,41-,42+,43-,46+,49-/m0/s1. The first kappa shape index (κ1) is 53.8. The summed E-state index contributed by atoms with van der Waals surface area (Å²) in [7, 11) is -3.61. The highest BCUT2D eigenvalue weighted by atomic mass is 32.2. The molecular weight excluding hydrogens is 981 g/mol. The number of amides is 2. The zero-order valence-corrected chi connectivity index (χ0v) is 40.7. The number of hydrogen-bond acceptors (Lipinski definition) is 19. The van der Waals surface area contributed by atoms with Crippen LogP contribution >= 0.6 is 0 Å². The number of carbonyl (C=O) groups is 5. The van der Waals surface area contributed by atoms with Gasteiger partial charge in [-0.1, -0.05) is 25.8 Å². The summed E-state index contributed by atoms with van der Waals surface area (Å²) < 4.78 is 59.0. The summed E-state index contributed by atoms with van der Waals surface area (Å²) in [6.07, 6.45) is -4.76. The molecule has 0 spiro atoms. The normalized spacial score (nSPS) is 21.0. The molecule has 0 radical (unpaired) electrons. The number of aromatic nitrogens is 2. The van der Waals surface area contributed by atoms with Gasteiger partial charge in [-0.05, 0) is 60.4 Å². The molecule has 73 heavy (non-hydrogen) atoms. The van der Waals surface area contributed by atoms with E-state index in [2.05, 4.69) is 11.2 Å². The number of benzene rings is 2. The summed E-state index contributed by atoms with van der Waals surface area (Å²) in [4.78, 5) is 83.3. The lowest BCUT2D eigenvalue weighted by Crippen LogP contribution is -2.61. The van der Waals surface area contributed by atoms with Crippen molar-refractivity contribution in [2.24, 2.45) is 0 Å². The largest absolute Gasteiger partial charge is 0.479 e. The summed E-state index contributed by atoms with van der Waals surface area (Å²) in [6, 6.07) is 10.5. The maximum absolute atomic E-state index is 13.8. The Balaban J connectivity index is 1.09. The Hall–Kier alpha value is -6.98. The zero-order chi connectivity index (χ0) is 52.9. The lowest BCUT2D eigenvalue weighted by atomic mass is 9.86. The first-order chi connectivity index (χ1) is 34.7. The molecule has 2 aromatic carbocycles. The Labute approximate surface area is 417 Å². The number of rotatable bonds is 21. The summed E-state index contributed by atoms with van der Waals surface area (Å²) >= 11 is 0. The molecule has 6 atom stereocenters. The molecule has 23 nitrogen and oxygen atoms in total. The van der Waals surface area contributed by atoms with Crippen molar-refractivity contribution in [3.8, 4) is 35.2 Å². The van der Waals surface area contributed by atoms with Crippen molar-refractivity contribution in [1.29, 1.82) is 0 Å². The number of aliphatic hydroxyl groups is 4. The van der Waals surface area contributed by atoms with Crippen LogP contribution in [0.25, 0.3) is 22.3 Å². The average molecular weight is 1040 g/mol. The van der Waals surface area contributed by atoms with Crippen LogP contribution in [0.2, 0.25) is 0 Å². The minimum absolute atomic E-state index is 0.00515. The Bertz CT molecular complexity index is 3040. The van der Waals surface area contributed by atoms with Crippen LogP contribution in [0.4, 0.5) is 10.5 Å². The van der Waals surface area contributed by atoms with Gasteiger partial charge in [0.1, 0.15) is 65.3 Å². The van der Waals surface area contributed by atoms with Gasteiger partial charge in [-0.2, -0.15) is 0 Å². The number of hydrogen-bond donors (Lipinski definition) is 6. The van der Waals surface area contributed by atoms with Crippen molar-refractivity contribution in [1.82, 2.24) is 14.5 Å². The summed E-state index contributed by atoms with van der Waals surface area (Å²) in [6.45, 7) is 2.16. The Morgan fingerprint density at radius 2 is 1.78 bits per heavy atom. The fourth-order valence-electron chi connectivity index (χ4n) is 8.56. The van der Waals surface area contributed by atoms with Gasteiger partial charge in [0.25, 0.3) is 5.56 Å². The number of terminal acetylenes is 1. The van der Waals surface area contributed by atoms with Crippen molar-refractivity contribution in [3.63, 3.8) is 0 Å². The number of ether oxygens (including phenoxy) is 6. The second-order valence-electron chi connectivity index (χ2n) is 17.6. The number of ketones is 1. The number of nitrogens with zero attached hydrogens (tertiary/aromatic N) is 3. The van der Waals surface area contributed by atoms with E-state index in [1.54, 1.807) is 31.2 Å². The molecular formula is C49H54N4O19S. The van der Waals surface area contributed by atoms with Gasteiger partial charge in [-0.15, -0.1) is 6.42 Å². The molecule has 0 aliphatic carbocycles. The lowest BCUT2D eigenvalue weighted by Gasteiger charge is -2.38. The van der Waals surface area contributed by atoms with Crippen LogP contribution in [0.15, 0.2) is 47.3 Å². The second-order valence-corrected chi connectivity index (χ2v) is 19.8. The van der Waals surface area contributed by atoms with Crippen LogP contribution in [0.3, 0.4) is 0 Å². The third kappa shape index (κ3) is 11.8. The Morgan fingerprint density at radius 3 is 2.48 bits per heavy atom. The van der Waals surface area contributed by atoms with Crippen LogP contribution in [0, 0.1) is 12.3 Å². The molecule has 1 fully saturated rings. The average Bonchev–Trinajstić information content (AvgIpc) is 3.72. The molecule has 4 aromatic rings. The maximum Gasteiger partial charge on any atom is 0.412 e. The van der Waals surface area contributed by atoms with E-state index >= 15 is 0 Å². The number of carboxylic acids is 1. The van der Waals surface area contributed by atoms with Gasteiger partial charge in [-0.3, -0.25) is 19.3 Å². The number of esters is 1. The molecule has 0 bridgehead atoms. The van der Waals surface area contributed by atoms with E-state index in [0.717, 1.165) is 22.3 Å². The number of carbonyl (C=O) groups excluding carboxylic acids is 4. The van der Waals surface area contributed by atoms with Crippen LogP contribution < -0.4 is 20.3 Å².